The van der Waals surface area contributed by atoms with Crippen LogP contribution in [-0.2, 0) is 13.2 Å². The summed E-state index contributed by atoms with van der Waals surface area (Å²) in [6.45, 7) is 2.79. The molecule has 1 saturated carbocycles. The highest BCUT2D eigenvalue weighted by Gasteiger charge is 2.18. The Morgan fingerprint density at radius 2 is 2.04 bits per heavy atom. The molecule has 0 saturated heterocycles. The Kier molecular flexibility index (Phi) is 6.25. The van der Waals surface area contributed by atoms with Crippen molar-refractivity contribution in [3.8, 4) is 5.88 Å². The number of aromatic nitrogens is 2. The fourth-order valence-electron chi connectivity index (χ4n) is 3.46. The quantitative estimate of drug-likeness (QED) is 0.745. The monoisotopic (exact) mass is 363 g/mol. The van der Waals surface area contributed by atoms with Crippen LogP contribution in [0.3, 0.4) is 0 Å². The van der Waals surface area contributed by atoms with Crippen molar-refractivity contribution in [1.82, 2.24) is 15.1 Å². The molecule has 1 fully saturated rings. The van der Waals surface area contributed by atoms with E-state index in [9.17, 15) is 8.78 Å². The fraction of sp³-hybridized carbons (Fsp3) is 0.550. The Morgan fingerprint density at radius 3 is 2.77 bits per heavy atom. The van der Waals surface area contributed by atoms with Crippen LogP contribution in [0.25, 0.3) is 0 Å². The molecule has 0 radical (unpaired) electrons. The van der Waals surface area contributed by atoms with Crippen molar-refractivity contribution in [3.05, 3.63) is 47.2 Å². The highest BCUT2D eigenvalue weighted by atomic mass is 19.1. The highest BCUT2D eigenvalue weighted by Crippen LogP contribution is 2.29. The van der Waals surface area contributed by atoms with E-state index in [0.29, 0.717) is 5.88 Å². The molecule has 0 spiro atoms. The molecule has 1 atom stereocenters. The highest BCUT2D eigenvalue weighted by molar-refractivity contribution is 5.21. The van der Waals surface area contributed by atoms with Crippen LogP contribution in [-0.4, -0.2) is 16.8 Å². The Morgan fingerprint density at radius 1 is 1.27 bits per heavy atom. The molecule has 0 bridgehead atoms. The van der Waals surface area contributed by atoms with Gasteiger partial charge in [0, 0.05) is 24.2 Å². The molecular weight excluding hydrogens is 336 g/mol. The predicted molar refractivity (Wildman–Crippen MR) is 97.0 cm³/mol. The number of halogens is 2. The van der Waals surface area contributed by atoms with Crippen LogP contribution in [0, 0.1) is 17.6 Å². The van der Waals surface area contributed by atoms with Gasteiger partial charge in [-0.05, 0) is 44.5 Å². The van der Waals surface area contributed by atoms with Crippen LogP contribution < -0.4 is 10.1 Å². The number of hydrogen-bond donors (Lipinski definition) is 1. The largest absolute Gasteiger partial charge is 0.473 e. The van der Waals surface area contributed by atoms with Crippen LogP contribution in [0.4, 0.5) is 8.78 Å². The minimum absolute atomic E-state index is 0.0217. The number of nitrogens with one attached hydrogen (secondary N) is 1. The average Bonchev–Trinajstić information content (AvgIpc) is 3.29. The number of aryl methyl sites for hydroxylation is 1. The smallest absolute Gasteiger partial charge is 0.212 e. The molecule has 3 rings (SSSR count). The van der Waals surface area contributed by atoms with Gasteiger partial charge in [-0.15, -0.1) is 0 Å². The number of hydrogen-bond acceptors (Lipinski definition) is 3. The minimum atomic E-state index is -0.468. The summed E-state index contributed by atoms with van der Waals surface area (Å²) in [6, 6.07) is 5.38. The molecule has 1 aromatic carbocycles. The lowest BCUT2D eigenvalue weighted by molar-refractivity contribution is 0.262. The van der Waals surface area contributed by atoms with E-state index >= 15 is 0 Å². The summed E-state index contributed by atoms with van der Waals surface area (Å²) in [4.78, 5) is 0. The van der Waals surface area contributed by atoms with Gasteiger partial charge >= 0.3 is 0 Å². The van der Waals surface area contributed by atoms with Crippen LogP contribution in [0.15, 0.2) is 24.3 Å². The normalized spacial score (nSPS) is 16.2. The molecular formula is C20H27F2N3O. The van der Waals surface area contributed by atoms with E-state index in [1.165, 1.54) is 31.7 Å². The van der Waals surface area contributed by atoms with Gasteiger partial charge in [-0.25, -0.2) is 13.5 Å². The van der Waals surface area contributed by atoms with Gasteiger partial charge in [0.25, 0.3) is 0 Å². The Hall–Kier alpha value is -1.95. The summed E-state index contributed by atoms with van der Waals surface area (Å²) in [5.41, 5.74) is 1.09. The Balaban J connectivity index is 1.72. The van der Waals surface area contributed by atoms with Crippen LogP contribution in [0.1, 0.15) is 56.3 Å². The third-order valence-corrected chi connectivity index (χ3v) is 5.25. The molecule has 142 valence electrons. The van der Waals surface area contributed by atoms with E-state index in [1.54, 1.807) is 0 Å². The molecule has 1 unspecified atom stereocenters. The molecule has 1 aliphatic rings. The van der Waals surface area contributed by atoms with E-state index < -0.39 is 11.6 Å². The van der Waals surface area contributed by atoms with E-state index in [1.807, 2.05) is 24.7 Å². The zero-order valence-electron chi connectivity index (χ0n) is 15.5. The second-order valence-corrected chi connectivity index (χ2v) is 7.10. The number of ether oxygens (including phenoxy) is 1. The maximum Gasteiger partial charge on any atom is 0.212 e. The van der Waals surface area contributed by atoms with Gasteiger partial charge in [0.05, 0.1) is 5.69 Å². The van der Waals surface area contributed by atoms with Crippen molar-refractivity contribution in [3.63, 3.8) is 0 Å². The van der Waals surface area contributed by atoms with Crippen molar-refractivity contribution in [2.75, 3.05) is 7.05 Å². The zero-order chi connectivity index (χ0) is 18.5. The third kappa shape index (κ3) is 4.61. The summed E-state index contributed by atoms with van der Waals surface area (Å²) >= 11 is 0. The number of benzene rings is 1. The van der Waals surface area contributed by atoms with Gasteiger partial charge in [0.15, 0.2) is 0 Å². The molecule has 1 aliphatic carbocycles. The summed E-state index contributed by atoms with van der Waals surface area (Å²) in [5, 5.41) is 7.82. The first-order valence-electron chi connectivity index (χ1n) is 9.38. The van der Waals surface area contributed by atoms with Gasteiger partial charge in [-0.1, -0.05) is 25.7 Å². The van der Waals surface area contributed by atoms with Crippen molar-refractivity contribution < 1.29 is 13.5 Å². The van der Waals surface area contributed by atoms with Crippen LogP contribution >= 0.6 is 0 Å². The fourth-order valence-corrected chi connectivity index (χ4v) is 3.46. The van der Waals surface area contributed by atoms with Gasteiger partial charge in [0.1, 0.15) is 18.2 Å². The van der Waals surface area contributed by atoms with Crippen molar-refractivity contribution in [1.29, 1.82) is 0 Å². The first-order valence-corrected chi connectivity index (χ1v) is 9.38. The molecule has 2 aromatic rings. The van der Waals surface area contributed by atoms with E-state index in [0.717, 1.165) is 36.7 Å². The molecule has 26 heavy (non-hydrogen) atoms. The molecule has 0 aliphatic heterocycles. The average molecular weight is 363 g/mol. The maximum absolute atomic E-state index is 13.8. The SMILES string of the molecule is CNC(C)c1cc(OCc2cc(F)ccc2F)n(CCC2CCCC2)n1. The van der Waals surface area contributed by atoms with E-state index in [-0.39, 0.29) is 18.2 Å². The van der Waals surface area contributed by atoms with Crippen LogP contribution in [0.5, 0.6) is 5.88 Å². The van der Waals surface area contributed by atoms with Crippen molar-refractivity contribution >= 4 is 0 Å². The van der Waals surface area contributed by atoms with Gasteiger partial charge in [-0.3, -0.25) is 0 Å². The first-order chi connectivity index (χ1) is 12.6. The lowest BCUT2D eigenvalue weighted by Crippen LogP contribution is -2.14. The summed E-state index contributed by atoms with van der Waals surface area (Å²) in [7, 11) is 1.88. The molecule has 1 N–H and O–H groups in total. The van der Waals surface area contributed by atoms with Crippen molar-refractivity contribution in [2.24, 2.45) is 5.92 Å². The minimum Gasteiger partial charge on any atom is -0.473 e. The second kappa shape index (κ2) is 8.62. The summed E-state index contributed by atoms with van der Waals surface area (Å²) in [5.74, 6) is 0.415. The topological polar surface area (TPSA) is 39.1 Å². The molecule has 4 nitrogen and oxygen atoms in total. The molecule has 0 amide bonds. The second-order valence-electron chi connectivity index (χ2n) is 7.10. The Labute approximate surface area is 153 Å². The van der Waals surface area contributed by atoms with Gasteiger partial charge in [0.2, 0.25) is 5.88 Å². The van der Waals surface area contributed by atoms with E-state index in [2.05, 4.69) is 10.4 Å². The maximum atomic E-state index is 13.8. The van der Waals surface area contributed by atoms with Gasteiger partial charge in [-0.2, -0.15) is 5.10 Å². The molecule has 1 aromatic heterocycles. The van der Waals surface area contributed by atoms with Crippen LogP contribution in [0.2, 0.25) is 0 Å². The van der Waals surface area contributed by atoms with E-state index in [4.69, 9.17) is 4.74 Å². The standard InChI is InChI=1S/C20H27F2N3O/c1-14(23-2)19-12-20(25(24-19)10-9-15-5-3-4-6-15)26-13-16-11-17(21)7-8-18(16)22/h7-8,11-12,14-15,23H,3-6,9-10,13H2,1-2H3. The molecule has 1 heterocycles. The zero-order valence-corrected chi connectivity index (χ0v) is 15.5. The number of nitrogens with zero attached hydrogens (tertiary/aromatic N) is 2. The first kappa shape index (κ1) is 18.8. The number of rotatable bonds is 8. The molecule has 6 heteroatoms. The van der Waals surface area contributed by atoms with Gasteiger partial charge < -0.3 is 10.1 Å². The predicted octanol–water partition coefficient (Wildman–Crippen LogP) is 4.60. The summed E-state index contributed by atoms with van der Waals surface area (Å²) in [6.07, 6.45) is 6.26. The van der Waals surface area contributed by atoms with Crippen molar-refractivity contribution in [2.45, 2.75) is 58.2 Å². The lowest BCUT2D eigenvalue weighted by atomic mass is 10.0. The summed E-state index contributed by atoms with van der Waals surface area (Å²) < 4.78 is 34.9. The lowest BCUT2D eigenvalue weighted by Gasteiger charge is -2.12. The Bertz CT molecular complexity index is 726. The third-order valence-electron chi connectivity index (χ3n) is 5.25.